The van der Waals surface area contributed by atoms with Gasteiger partial charge in [0.15, 0.2) is 16.0 Å². The summed E-state index contributed by atoms with van der Waals surface area (Å²) in [5.74, 6) is -2.73. The Bertz CT molecular complexity index is 1110. The van der Waals surface area contributed by atoms with Crippen LogP contribution in [0.3, 0.4) is 0 Å². The molecule has 33 heavy (non-hydrogen) atoms. The summed E-state index contributed by atoms with van der Waals surface area (Å²) in [4.78, 5) is 46.4. The second-order valence-corrected chi connectivity index (χ2v) is 10.0. The number of amides is 3. The molecule has 182 valence electrons. The topological polar surface area (TPSA) is 232 Å². The molecule has 0 saturated carbocycles. The van der Waals surface area contributed by atoms with Gasteiger partial charge in [-0.1, -0.05) is 16.9 Å². The summed E-state index contributed by atoms with van der Waals surface area (Å²) in [6.45, 7) is 4.01. The number of nitrogens with zero attached hydrogens (tertiary/aromatic N) is 4. The highest BCUT2D eigenvalue weighted by Gasteiger charge is 2.51. The molecule has 1 fully saturated rings. The van der Waals surface area contributed by atoms with Crippen molar-refractivity contribution in [1.29, 1.82) is 0 Å². The first-order valence-corrected chi connectivity index (χ1v) is 12.5. The average molecular weight is 523 g/mol. The Morgan fingerprint density at radius 1 is 1.42 bits per heavy atom. The molecule has 3 amide bonds. The van der Waals surface area contributed by atoms with E-state index < -0.39 is 51.4 Å². The Morgan fingerprint density at radius 3 is 2.55 bits per heavy atom. The highest BCUT2D eigenvalue weighted by atomic mass is 32.2. The molecule has 0 aromatic carbocycles. The number of aromatic nitrogens is 1. The Balaban J connectivity index is 2.23. The fraction of sp³-hybridized carbons (Fsp3) is 0.467. The summed E-state index contributed by atoms with van der Waals surface area (Å²) in [5.41, 5.74) is 11.3. The van der Waals surface area contributed by atoms with Crippen LogP contribution in [0.15, 0.2) is 15.6 Å². The molecule has 15 nitrogen and oxygen atoms in total. The quantitative estimate of drug-likeness (QED) is 0.0862. The third-order valence-corrected chi connectivity index (χ3v) is 6.43. The number of β-lactam (4-membered cyclic amide) rings is 1. The highest BCUT2D eigenvalue weighted by molar-refractivity contribution is 8.13. The SMILES string of the molecule is CSC(N)=NNC(=O)C(C)(C)ON=C(C(=O)N[C@@H]1C(=O)N(S(=O)(=O)O)[C@H]1C)c1csc(N)n1. The van der Waals surface area contributed by atoms with Gasteiger partial charge in [0.1, 0.15) is 11.7 Å². The lowest BCUT2D eigenvalue weighted by Gasteiger charge is -2.42. The van der Waals surface area contributed by atoms with Crippen molar-refractivity contribution in [3.8, 4) is 0 Å². The minimum atomic E-state index is -4.77. The molecule has 7 N–H and O–H groups in total. The van der Waals surface area contributed by atoms with E-state index >= 15 is 0 Å². The molecule has 2 atom stereocenters. The van der Waals surface area contributed by atoms with Crippen LogP contribution in [-0.2, 0) is 29.5 Å². The molecule has 18 heteroatoms. The molecule has 0 radical (unpaired) electrons. The van der Waals surface area contributed by atoms with Crippen molar-refractivity contribution in [3.63, 3.8) is 0 Å². The summed E-state index contributed by atoms with van der Waals surface area (Å²) >= 11 is 2.10. The van der Waals surface area contributed by atoms with Gasteiger partial charge in [-0.05, 0) is 27.0 Å². The van der Waals surface area contributed by atoms with Crippen LogP contribution < -0.4 is 22.2 Å². The first-order chi connectivity index (χ1) is 15.2. The van der Waals surface area contributed by atoms with Gasteiger partial charge in [0.2, 0.25) is 5.60 Å². The summed E-state index contributed by atoms with van der Waals surface area (Å²) in [5, 5.41) is 11.3. The van der Waals surface area contributed by atoms with E-state index in [2.05, 4.69) is 26.0 Å². The average Bonchev–Trinajstić information content (AvgIpc) is 3.14. The zero-order valence-corrected chi connectivity index (χ0v) is 20.2. The molecule has 2 heterocycles. The number of hydrogen-bond donors (Lipinski definition) is 5. The van der Waals surface area contributed by atoms with Gasteiger partial charge < -0.3 is 21.6 Å². The molecular weight excluding hydrogens is 500 g/mol. The van der Waals surface area contributed by atoms with Crippen LogP contribution >= 0.6 is 23.1 Å². The van der Waals surface area contributed by atoms with Crippen molar-refractivity contribution in [1.82, 2.24) is 20.0 Å². The van der Waals surface area contributed by atoms with Crippen LogP contribution in [0.4, 0.5) is 5.13 Å². The van der Waals surface area contributed by atoms with Crippen molar-refractivity contribution in [2.24, 2.45) is 16.0 Å². The molecule has 1 aromatic rings. The minimum absolute atomic E-state index is 0.0121. The van der Waals surface area contributed by atoms with Crippen LogP contribution in [0.2, 0.25) is 0 Å². The summed E-state index contributed by atoms with van der Waals surface area (Å²) in [6.07, 6.45) is 1.66. The second kappa shape index (κ2) is 9.89. The number of thiazole rings is 1. The van der Waals surface area contributed by atoms with Crippen molar-refractivity contribution < 1.29 is 32.2 Å². The van der Waals surface area contributed by atoms with Crippen LogP contribution in [-0.4, -0.2) is 74.8 Å². The fourth-order valence-corrected chi connectivity index (χ4v) is 3.97. The number of carbonyl (C=O) groups excluding carboxylic acids is 3. The molecule has 1 saturated heterocycles. The number of nitrogens with two attached hydrogens (primary N) is 2. The van der Waals surface area contributed by atoms with E-state index in [1.54, 1.807) is 6.26 Å². The van der Waals surface area contributed by atoms with Gasteiger partial charge in [0, 0.05) is 5.38 Å². The predicted octanol–water partition coefficient (Wildman–Crippen LogP) is -1.55. The summed E-state index contributed by atoms with van der Waals surface area (Å²) < 4.78 is 31.8. The Labute approximate surface area is 196 Å². The standard InChI is InChI=1S/C15H22N8O7S3/c1-6-8(11(25)23(6)33(27,28)29)19-10(24)9(7-5-32-13(16)18-7)22-30-15(2,3)12(26)20-21-14(17)31-4/h5-6,8H,1-4H3,(H2,16,18)(H2,17,21)(H,19,24)(H,20,26)(H,27,28,29)/t6-,8-/m0/s1. The van der Waals surface area contributed by atoms with Crippen molar-refractivity contribution in [2.45, 2.75) is 38.5 Å². The number of anilines is 1. The summed E-state index contributed by atoms with van der Waals surface area (Å²) in [7, 11) is -4.77. The van der Waals surface area contributed by atoms with Crippen LogP contribution in [0.1, 0.15) is 26.5 Å². The molecule has 0 aliphatic carbocycles. The first-order valence-electron chi connectivity index (χ1n) is 8.95. The maximum absolute atomic E-state index is 12.8. The third kappa shape index (κ3) is 6.09. The molecule has 2 rings (SSSR count). The van der Waals surface area contributed by atoms with Crippen molar-refractivity contribution >= 4 is 67.1 Å². The molecule has 0 unspecified atom stereocenters. The molecule has 1 aliphatic rings. The second-order valence-electron chi connectivity index (χ2n) is 7.01. The molecule has 1 aromatic heterocycles. The van der Waals surface area contributed by atoms with Gasteiger partial charge in [-0.2, -0.15) is 8.42 Å². The lowest BCUT2D eigenvalue weighted by atomic mass is 10.0. The van der Waals surface area contributed by atoms with E-state index in [9.17, 15) is 22.8 Å². The lowest BCUT2D eigenvalue weighted by molar-refractivity contribution is -0.144. The maximum atomic E-state index is 12.8. The van der Waals surface area contributed by atoms with Crippen LogP contribution in [0, 0.1) is 0 Å². The van der Waals surface area contributed by atoms with Gasteiger partial charge in [-0.15, -0.1) is 16.4 Å². The Kier molecular flexibility index (Phi) is 7.88. The monoisotopic (exact) mass is 522 g/mol. The number of amidine groups is 1. The number of nitrogens with one attached hydrogen (secondary N) is 2. The third-order valence-electron chi connectivity index (χ3n) is 4.24. The van der Waals surface area contributed by atoms with Crippen LogP contribution in [0.25, 0.3) is 0 Å². The van der Waals surface area contributed by atoms with E-state index in [0.717, 1.165) is 23.1 Å². The zero-order chi connectivity index (χ0) is 25.1. The molecule has 0 bridgehead atoms. The largest absolute Gasteiger partial charge is 0.379 e. The van der Waals surface area contributed by atoms with Gasteiger partial charge in [0.25, 0.3) is 17.7 Å². The maximum Gasteiger partial charge on any atom is 0.362 e. The lowest BCUT2D eigenvalue weighted by Crippen LogP contribution is -2.71. The fourth-order valence-electron chi connectivity index (χ4n) is 2.40. The van der Waals surface area contributed by atoms with E-state index in [4.69, 9.17) is 20.9 Å². The van der Waals surface area contributed by atoms with Gasteiger partial charge in [-0.25, -0.2) is 14.7 Å². The van der Waals surface area contributed by atoms with E-state index in [1.165, 1.54) is 26.2 Å². The first kappa shape index (κ1) is 26.3. The number of hydrogen-bond acceptors (Lipinski definition) is 12. The van der Waals surface area contributed by atoms with Gasteiger partial charge in [-0.3, -0.25) is 18.9 Å². The number of rotatable bonds is 8. The van der Waals surface area contributed by atoms with Gasteiger partial charge >= 0.3 is 10.3 Å². The molecular formula is C15H22N8O7S3. The highest BCUT2D eigenvalue weighted by Crippen LogP contribution is 2.23. The smallest absolute Gasteiger partial charge is 0.362 e. The number of nitrogen functional groups attached to an aromatic ring is 1. The van der Waals surface area contributed by atoms with Crippen molar-refractivity contribution in [2.75, 3.05) is 12.0 Å². The van der Waals surface area contributed by atoms with E-state index in [1.807, 2.05) is 0 Å². The van der Waals surface area contributed by atoms with E-state index in [0.29, 0.717) is 0 Å². The molecule has 1 aliphatic heterocycles. The number of hydrazone groups is 1. The Morgan fingerprint density at radius 2 is 2.06 bits per heavy atom. The molecule has 0 spiro atoms. The van der Waals surface area contributed by atoms with E-state index in [-0.39, 0.29) is 20.3 Å². The van der Waals surface area contributed by atoms with Crippen molar-refractivity contribution in [3.05, 3.63) is 11.1 Å². The number of oxime groups is 1. The normalized spacial score (nSPS) is 19.7. The van der Waals surface area contributed by atoms with Crippen LogP contribution in [0.5, 0.6) is 0 Å². The number of carbonyl (C=O) groups is 3. The van der Waals surface area contributed by atoms with Gasteiger partial charge in [0.05, 0.1) is 6.04 Å². The Hall–Kier alpha value is -2.96. The summed E-state index contributed by atoms with van der Waals surface area (Å²) in [6, 6.07) is -2.32. The predicted molar refractivity (Wildman–Crippen MR) is 121 cm³/mol. The minimum Gasteiger partial charge on any atom is -0.379 e. The number of thioether (sulfide) groups is 1. The zero-order valence-electron chi connectivity index (χ0n) is 17.8.